The van der Waals surface area contributed by atoms with Gasteiger partial charge >= 0.3 is 5.97 Å². The summed E-state index contributed by atoms with van der Waals surface area (Å²) in [5.74, 6) is -2.94. The van der Waals surface area contributed by atoms with E-state index < -0.39 is 11.8 Å². The Morgan fingerprint density at radius 3 is 2.10 bits per heavy atom. The van der Waals surface area contributed by atoms with Gasteiger partial charge in [0.05, 0.1) is 6.42 Å². The Hall–Kier alpha value is -1.45. The number of Topliss-reactive ketones (excluding diaryl/α,β-unsaturated/α-hetero) is 1. The minimum absolute atomic E-state index is 0.430. The summed E-state index contributed by atoms with van der Waals surface area (Å²) in [5.41, 5.74) is 0. The highest BCUT2D eigenvalue weighted by Crippen LogP contribution is 1.82. The summed E-state index contributed by atoms with van der Waals surface area (Å²) in [7, 11) is 0. The Kier molecular flexibility index (Phi) is 3.79. The zero-order valence-electron chi connectivity index (χ0n) is 4.94. The maximum absolute atomic E-state index is 10.1. The molecule has 4 nitrogen and oxygen atoms in total. The molecule has 0 aromatic rings. The fourth-order valence-corrected chi connectivity index (χ4v) is 0.256. The normalized spacial score (nSPS) is 9.60. The van der Waals surface area contributed by atoms with E-state index in [9.17, 15) is 19.5 Å². The summed E-state index contributed by atoms with van der Waals surface area (Å²) >= 11 is 0. The van der Waals surface area contributed by atoms with Crippen LogP contribution in [0.25, 0.3) is 0 Å². The van der Waals surface area contributed by atoms with Crippen molar-refractivity contribution in [3.63, 3.8) is 0 Å². The van der Waals surface area contributed by atoms with E-state index in [1.807, 2.05) is 0 Å². The molecule has 0 heterocycles. The van der Waals surface area contributed by atoms with Gasteiger partial charge in [0.15, 0.2) is 0 Å². The number of allylic oxidation sites excluding steroid dienone is 2. The van der Waals surface area contributed by atoms with Crippen molar-refractivity contribution in [2.24, 2.45) is 0 Å². The van der Waals surface area contributed by atoms with Crippen LogP contribution in [0.3, 0.4) is 0 Å². The summed E-state index contributed by atoms with van der Waals surface area (Å²) in [4.78, 5) is 29.4. The highest BCUT2D eigenvalue weighted by Gasteiger charge is 2.10. The third kappa shape index (κ3) is 3.54. The molecule has 0 saturated heterocycles. The molecule has 0 fully saturated rings. The zero-order chi connectivity index (χ0) is 7.98. The van der Waals surface area contributed by atoms with E-state index in [0.29, 0.717) is 6.29 Å². The van der Waals surface area contributed by atoms with Crippen molar-refractivity contribution in [3.05, 3.63) is 18.6 Å². The lowest BCUT2D eigenvalue weighted by Gasteiger charge is -1.80. The first kappa shape index (κ1) is 8.55. The van der Waals surface area contributed by atoms with Crippen molar-refractivity contribution in [1.82, 2.24) is 0 Å². The van der Waals surface area contributed by atoms with Gasteiger partial charge < -0.3 is 0 Å². The predicted octanol–water partition coefficient (Wildman–Crippen LogP) is -0.528. The molecule has 0 atom stereocenters. The molecule has 10 heavy (non-hydrogen) atoms. The fraction of sp³-hybridized carbons (Fsp3) is 0. The van der Waals surface area contributed by atoms with Gasteiger partial charge in [-0.3, -0.25) is 9.59 Å². The Morgan fingerprint density at radius 2 is 1.70 bits per heavy atom. The standard InChI is InChI=1S/C6H4O4/c7-4-2-1-3-5(8)6(9)10/h1-4H/b2-1+. The SMILES string of the molecule is [O]C(=O)C(=O)[CH]/C=C/C=O. The molecule has 0 unspecified atom stereocenters. The van der Waals surface area contributed by atoms with E-state index in [2.05, 4.69) is 0 Å². The molecule has 0 amide bonds. The molecule has 0 saturated carbocycles. The number of hydrogen-bond acceptors (Lipinski definition) is 3. The Morgan fingerprint density at radius 1 is 1.10 bits per heavy atom. The average Bonchev–Trinajstić information content (AvgIpc) is 1.88. The van der Waals surface area contributed by atoms with Gasteiger partial charge in [-0.15, -0.1) is 0 Å². The van der Waals surface area contributed by atoms with Gasteiger partial charge in [0.25, 0.3) is 5.78 Å². The van der Waals surface area contributed by atoms with E-state index in [1.54, 1.807) is 0 Å². The van der Waals surface area contributed by atoms with Crippen molar-refractivity contribution < 1.29 is 19.5 Å². The second-order valence-corrected chi connectivity index (χ2v) is 1.34. The highest BCUT2D eigenvalue weighted by atomic mass is 16.4. The Labute approximate surface area is 57.2 Å². The summed E-state index contributed by atoms with van der Waals surface area (Å²) in [6.45, 7) is 0. The third-order valence-electron chi connectivity index (χ3n) is 0.638. The first-order chi connectivity index (χ1) is 4.68. The van der Waals surface area contributed by atoms with Crippen LogP contribution in [0.1, 0.15) is 0 Å². The third-order valence-corrected chi connectivity index (χ3v) is 0.638. The van der Waals surface area contributed by atoms with Crippen molar-refractivity contribution in [2.45, 2.75) is 0 Å². The lowest BCUT2D eigenvalue weighted by Crippen LogP contribution is -2.09. The van der Waals surface area contributed by atoms with Gasteiger partial charge in [-0.1, -0.05) is 6.08 Å². The van der Waals surface area contributed by atoms with Crippen LogP contribution in [-0.2, 0) is 19.5 Å². The van der Waals surface area contributed by atoms with E-state index in [0.717, 1.165) is 18.6 Å². The van der Waals surface area contributed by atoms with E-state index >= 15 is 0 Å². The van der Waals surface area contributed by atoms with Crippen LogP contribution in [0.2, 0.25) is 0 Å². The van der Waals surface area contributed by atoms with Crippen LogP contribution in [0, 0.1) is 6.42 Å². The molecule has 0 aliphatic rings. The van der Waals surface area contributed by atoms with Gasteiger partial charge in [0, 0.05) is 0 Å². The van der Waals surface area contributed by atoms with Gasteiger partial charge in [-0.2, -0.15) is 0 Å². The highest BCUT2D eigenvalue weighted by molar-refractivity contribution is 6.36. The van der Waals surface area contributed by atoms with Gasteiger partial charge in [0.1, 0.15) is 6.29 Å². The van der Waals surface area contributed by atoms with Gasteiger partial charge in [-0.25, -0.2) is 9.90 Å². The van der Waals surface area contributed by atoms with Crippen LogP contribution < -0.4 is 0 Å². The van der Waals surface area contributed by atoms with Crippen molar-refractivity contribution >= 4 is 18.0 Å². The molecule has 0 bridgehead atoms. The maximum atomic E-state index is 10.1. The zero-order valence-corrected chi connectivity index (χ0v) is 4.94. The molecular weight excluding hydrogens is 136 g/mol. The van der Waals surface area contributed by atoms with Gasteiger partial charge in [0.2, 0.25) is 0 Å². The average molecular weight is 140 g/mol. The quantitative estimate of drug-likeness (QED) is 0.299. The molecule has 4 heteroatoms. The van der Waals surface area contributed by atoms with E-state index in [4.69, 9.17) is 0 Å². The van der Waals surface area contributed by atoms with Crippen LogP contribution in [0.4, 0.5) is 0 Å². The lowest BCUT2D eigenvalue weighted by atomic mass is 10.3. The Bertz CT molecular complexity index is 180. The smallest absolute Gasteiger partial charge is 0.299 e. The lowest BCUT2D eigenvalue weighted by molar-refractivity contribution is -0.151. The molecule has 0 N–H and O–H groups in total. The molecule has 0 aromatic carbocycles. The second kappa shape index (κ2) is 4.43. The number of aldehydes is 1. The molecule has 0 aromatic heterocycles. The van der Waals surface area contributed by atoms with Crippen LogP contribution >= 0.6 is 0 Å². The van der Waals surface area contributed by atoms with Gasteiger partial charge in [-0.05, 0) is 6.08 Å². The Balaban J connectivity index is 3.70. The predicted molar refractivity (Wildman–Crippen MR) is 30.2 cm³/mol. The molecule has 0 aliphatic heterocycles. The van der Waals surface area contributed by atoms with Crippen molar-refractivity contribution in [1.29, 1.82) is 0 Å². The minimum Gasteiger partial charge on any atom is -0.299 e. The second-order valence-electron chi connectivity index (χ2n) is 1.34. The molecule has 52 valence electrons. The monoisotopic (exact) mass is 140 g/mol. The molecule has 2 radical (unpaired) electrons. The van der Waals surface area contributed by atoms with Crippen molar-refractivity contribution in [3.8, 4) is 0 Å². The molecule has 0 spiro atoms. The molecule has 0 rings (SSSR count). The van der Waals surface area contributed by atoms with E-state index in [1.165, 1.54) is 0 Å². The minimum atomic E-state index is -1.78. The number of hydrogen-bond donors (Lipinski definition) is 0. The molecule has 0 aliphatic carbocycles. The number of carbonyl (C=O) groups excluding carboxylic acids is 3. The summed E-state index contributed by atoms with van der Waals surface area (Å²) in [6, 6.07) is 0. The fourth-order valence-electron chi connectivity index (χ4n) is 0.256. The summed E-state index contributed by atoms with van der Waals surface area (Å²) < 4.78 is 0. The summed E-state index contributed by atoms with van der Waals surface area (Å²) in [5, 5.41) is 9.68. The first-order valence-electron chi connectivity index (χ1n) is 2.39. The van der Waals surface area contributed by atoms with Crippen molar-refractivity contribution in [2.75, 3.05) is 0 Å². The molecular formula is C6H4O4. The maximum Gasteiger partial charge on any atom is 0.422 e. The number of ketones is 1. The van der Waals surface area contributed by atoms with Crippen LogP contribution in [0.15, 0.2) is 12.2 Å². The number of carbonyl (C=O) groups is 3. The van der Waals surface area contributed by atoms with Crippen LogP contribution in [0.5, 0.6) is 0 Å². The van der Waals surface area contributed by atoms with E-state index in [-0.39, 0.29) is 0 Å². The first-order valence-corrected chi connectivity index (χ1v) is 2.39. The number of rotatable bonds is 4. The topological polar surface area (TPSA) is 71.1 Å². The largest absolute Gasteiger partial charge is 0.422 e. The van der Waals surface area contributed by atoms with Crippen LogP contribution in [-0.4, -0.2) is 18.0 Å². The summed E-state index contributed by atoms with van der Waals surface area (Å²) in [6.07, 6.45) is 3.20.